The molecule has 0 radical (unpaired) electrons. The van der Waals surface area contributed by atoms with Gasteiger partial charge < -0.3 is 20.5 Å². The second-order valence-electron chi connectivity index (χ2n) is 3.34. The number of fused-ring (bicyclic) bond motifs is 1. The van der Waals surface area contributed by atoms with E-state index >= 15 is 0 Å². The Balaban J connectivity index is 2.20. The van der Waals surface area contributed by atoms with Crippen LogP contribution in [0.15, 0.2) is 24.5 Å². The highest BCUT2D eigenvalue weighted by molar-refractivity contribution is 5.78. The van der Waals surface area contributed by atoms with Crippen LogP contribution in [0.2, 0.25) is 0 Å². The fourth-order valence-corrected chi connectivity index (χ4v) is 1.41. The van der Waals surface area contributed by atoms with Gasteiger partial charge >= 0.3 is 0 Å². The molecule has 4 N–H and O–H groups in total. The Morgan fingerprint density at radius 1 is 1.33 bits per heavy atom. The third kappa shape index (κ3) is 2.08. The molecule has 15 heavy (non-hydrogen) atoms. The molecule has 5 heteroatoms. The minimum atomic E-state index is -0.328. The first-order chi connectivity index (χ1) is 7.33. The molecule has 0 unspecified atom stereocenters. The van der Waals surface area contributed by atoms with Crippen LogP contribution in [0.3, 0.4) is 0 Å². The molecule has 0 spiro atoms. The van der Waals surface area contributed by atoms with Crippen molar-refractivity contribution in [1.82, 2.24) is 9.97 Å². The average molecular weight is 207 g/mol. The van der Waals surface area contributed by atoms with Crippen molar-refractivity contribution in [2.75, 3.05) is 18.5 Å². The number of hydrogen-bond donors (Lipinski definition) is 4. The molecule has 0 aliphatic heterocycles. The summed E-state index contributed by atoms with van der Waals surface area (Å²) in [5.74, 6) is 0. The van der Waals surface area contributed by atoms with Crippen molar-refractivity contribution in [1.29, 1.82) is 0 Å². The van der Waals surface area contributed by atoms with E-state index in [2.05, 4.69) is 15.3 Å². The number of aliphatic hydroxyl groups excluding tert-OH is 2. The Morgan fingerprint density at radius 3 is 2.87 bits per heavy atom. The van der Waals surface area contributed by atoms with Gasteiger partial charge in [0.15, 0.2) is 0 Å². The molecule has 0 aliphatic rings. The molecule has 0 amide bonds. The number of imidazole rings is 1. The molecule has 0 saturated heterocycles. The second-order valence-corrected chi connectivity index (χ2v) is 3.34. The van der Waals surface area contributed by atoms with E-state index in [0.717, 1.165) is 16.7 Å². The molecule has 5 nitrogen and oxygen atoms in total. The van der Waals surface area contributed by atoms with Gasteiger partial charge in [0.25, 0.3) is 0 Å². The topological polar surface area (TPSA) is 81.2 Å². The van der Waals surface area contributed by atoms with Crippen molar-refractivity contribution in [3.63, 3.8) is 0 Å². The quantitative estimate of drug-likeness (QED) is 0.582. The summed E-state index contributed by atoms with van der Waals surface area (Å²) in [4.78, 5) is 7.09. The van der Waals surface area contributed by atoms with Gasteiger partial charge in [0.05, 0.1) is 36.6 Å². The second kappa shape index (κ2) is 4.29. The predicted molar refractivity (Wildman–Crippen MR) is 57.7 cm³/mol. The first kappa shape index (κ1) is 9.95. The lowest BCUT2D eigenvalue weighted by molar-refractivity contribution is 0.204. The van der Waals surface area contributed by atoms with Crippen LogP contribution in [0.25, 0.3) is 11.0 Å². The smallest absolute Gasteiger partial charge is 0.0931 e. The summed E-state index contributed by atoms with van der Waals surface area (Å²) in [6.07, 6.45) is 1.63. The molecule has 0 fully saturated rings. The first-order valence-electron chi connectivity index (χ1n) is 4.75. The maximum Gasteiger partial charge on any atom is 0.0931 e. The number of aromatic nitrogens is 2. The van der Waals surface area contributed by atoms with E-state index in [0.29, 0.717) is 0 Å². The number of H-pyrrole nitrogens is 1. The average Bonchev–Trinajstić information content (AvgIpc) is 2.73. The zero-order chi connectivity index (χ0) is 10.7. The Hall–Kier alpha value is -1.59. The third-order valence-electron chi connectivity index (χ3n) is 2.23. The summed E-state index contributed by atoms with van der Waals surface area (Å²) < 4.78 is 0. The summed E-state index contributed by atoms with van der Waals surface area (Å²) in [6, 6.07) is 5.30. The SMILES string of the molecule is OCC(CO)Nc1ccc2nc[nH]c2c1. The van der Waals surface area contributed by atoms with Crippen molar-refractivity contribution >= 4 is 16.7 Å². The summed E-state index contributed by atoms with van der Waals surface area (Å²) in [7, 11) is 0. The minimum Gasteiger partial charge on any atom is -0.394 e. The standard InChI is InChI=1S/C10H13N3O2/c14-4-8(5-15)13-7-1-2-9-10(3-7)12-6-11-9/h1-3,6,8,13-15H,4-5H2,(H,11,12). The monoisotopic (exact) mass is 207 g/mol. The Morgan fingerprint density at radius 2 is 2.13 bits per heavy atom. The maximum atomic E-state index is 8.92. The summed E-state index contributed by atoms with van der Waals surface area (Å²) >= 11 is 0. The molecular weight excluding hydrogens is 194 g/mol. The lowest BCUT2D eigenvalue weighted by atomic mass is 10.2. The molecular formula is C10H13N3O2. The highest BCUT2D eigenvalue weighted by atomic mass is 16.3. The van der Waals surface area contributed by atoms with Crippen LogP contribution in [0, 0.1) is 0 Å². The zero-order valence-electron chi connectivity index (χ0n) is 8.14. The molecule has 1 aromatic heterocycles. The number of anilines is 1. The van der Waals surface area contributed by atoms with Crippen molar-refractivity contribution < 1.29 is 10.2 Å². The third-order valence-corrected chi connectivity index (χ3v) is 2.23. The van der Waals surface area contributed by atoms with Crippen molar-refractivity contribution in [2.45, 2.75) is 6.04 Å². The van der Waals surface area contributed by atoms with Crippen molar-refractivity contribution in [3.8, 4) is 0 Å². The summed E-state index contributed by atoms with van der Waals surface area (Å²) in [6.45, 7) is -0.199. The first-order valence-corrected chi connectivity index (χ1v) is 4.75. The minimum absolute atomic E-state index is 0.0997. The molecule has 0 saturated carbocycles. The number of nitrogens with one attached hydrogen (secondary N) is 2. The van der Waals surface area contributed by atoms with Gasteiger partial charge in [0.2, 0.25) is 0 Å². The van der Waals surface area contributed by atoms with Gasteiger partial charge in [-0.05, 0) is 18.2 Å². The Labute approximate surface area is 86.8 Å². The van der Waals surface area contributed by atoms with Crippen LogP contribution in [0.4, 0.5) is 5.69 Å². The van der Waals surface area contributed by atoms with E-state index in [4.69, 9.17) is 10.2 Å². The molecule has 2 aromatic rings. The van der Waals surface area contributed by atoms with E-state index in [1.807, 2.05) is 18.2 Å². The maximum absolute atomic E-state index is 8.92. The Bertz CT molecular complexity index is 437. The van der Waals surface area contributed by atoms with Crippen LogP contribution in [-0.4, -0.2) is 39.4 Å². The predicted octanol–water partition coefficient (Wildman–Crippen LogP) is 0.328. The normalized spacial score (nSPS) is 11.1. The number of nitrogens with zero attached hydrogens (tertiary/aromatic N) is 1. The van der Waals surface area contributed by atoms with Crippen LogP contribution in [-0.2, 0) is 0 Å². The van der Waals surface area contributed by atoms with Crippen molar-refractivity contribution in [3.05, 3.63) is 24.5 Å². The van der Waals surface area contributed by atoms with E-state index in [-0.39, 0.29) is 19.3 Å². The lowest BCUT2D eigenvalue weighted by Gasteiger charge is -2.14. The number of aliphatic hydroxyl groups is 2. The molecule has 0 bridgehead atoms. The number of rotatable bonds is 4. The molecule has 0 aliphatic carbocycles. The Kier molecular flexibility index (Phi) is 2.84. The zero-order valence-corrected chi connectivity index (χ0v) is 8.14. The molecule has 80 valence electrons. The number of benzene rings is 1. The van der Waals surface area contributed by atoms with Crippen LogP contribution < -0.4 is 5.32 Å². The summed E-state index contributed by atoms with van der Waals surface area (Å²) in [5, 5.41) is 20.8. The fraction of sp³-hybridized carbons (Fsp3) is 0.300. The van der Waals surface area contributed by atoms with Gasteiger partial charge in [0, 0.05) is 5.69 Å². The van der Waals surface area contributed by atoms with Crippen LogP contribution in [0.1, 0.15) is 0 Å². The number of aromatic amines is 1. The molecule has 0 atom stereocenters. The van der Waals surface area contributed by atoms with Gasteiger partial charge in [-0.1, -0.05) is 0 Å². The molecule has 1 heterocycles. The van der Waals surface area contributed by atoms with E-state index in [9.17, 15) is 0 Å². The van der Waals surface area contributed by atoms with E-state index < -0.39 is 0 Å². The number of hydrogen-bond acceptors (Lipinski definition) is 4. The van der Waals surface area contributed by atoms with Crippen molar-refractivity contribution in [2.24, 2.45) is 0 Å². The highest BCUT2D eigenvalue weighted by Gasteiger charge is 2.05. The van der Waals surface area contributed by atoms with Gasteiger partial charge in [-0.25, -0.2) is 4.98 Å². The molecule has 2 rings (SSSR count). The van der Waals surface area contributed by atoms with Crippen LogP contribution in [0.5, 0.6) is 0 Å². The van der Waals surface area contributed by atoms with Gasteiger partial charge in [0.1, 0.15) is 0 Å². The van der Waals surface area contributed by atoms with Gasteiger partial charge in [-0.2, -0.15) is 0 Å². The van der Waals surface area contributed by atoms with Gasteiger partial charge in [-0.15, -0.1) is 0 Å². The largest absolute Gasteiger partial charge is 0.394 e. The van der Waals surface area contributed by atoms with Crippen LogP contribution >= 0.6 is 0 Å². The van der Waals surface area contributed by atoms with E-state index in [1.165, 1.54) is 0 Å². The highest BCUT2D eigenvalue weighted by Crippen LogP contribution is 2.16. The van der Waals surface area contributed by atoms with Gasteiger partial charge in [-0.3, -0.25) is 0 Å². The van der Waals surface area contributed by atoms with E-state index in [1.54, 1.807) is 6.33 Å². The lowest BCUT2D eigenvalue weighted by Crippen LogP contribution is -2.27. The summed E-state index contributed by atoms with van der Waals surface area (Å²) in [5.41, 5.74) is 2.67. The fourth-order valence-electron chi connectivity index (χ4n) is 1.41. The molecule has 1 aromatic carbocycles.